The fraction of sp³-hybridized carbons (Fsp3) is 0.147. The number of benzene rings is 2. The van der Waals surface area contributed by atoms with E-state index in [0.29, 0.717) is 65.2 Å². The number of nitrogens with zero attached hydrogens (tertiary/aromatic N) is 6. The van der Waals surface area contributed by atoms with Gasteiger partial charge in [0, 0.05) is 41.5 Å². The van der Waals surface area contributed by atoms with Gasteiger partial charge in [-0.05, 0) is 50.0 Å². The Morgan fingerprint density at radius 3 is 2.56 bits per heavy atom. The summed E-state index contributed by atoms with van der Waals surface area (Å²) in [5.41, 5.74) is 6.40. The molecule has 0 aliphatic carbocycles. The van der Waals surface area contributed by atoms with Crippen LogP contribution in [0.1, 0.15) is 5.56 Å². The van der Waals surface area contributed by atoms with E-state index >= 15 is 0 Å². The zero-order chi connectivity index (χ0) is 30.8. The Morgan fingerprint density at radius 2 is 1.69 bits per heavy atom. The number of fused-ring (bicyclic) bond motifs is 2. The van der Waals surface area contributed by atoms with Gasteiger partial charge in [-0.15, -0.1) is 0 Å². The highest BCUT2D eigenvalue weighted by atomic mass is 19.1. The number of pyridine rings is 3. The van der Waals surface area contributed by atoms with Crippen LogP contribution in [-0.4, -0.2) is 67.3 Å². The summed E-state index contributed by atoms with van der Waals surface area (Å²) in [6.45, 7) is 1.58. The van der Waals surface area contributed by atoms with E-state index in [0.717, 1.165) is 27.5 Å². The van der Waals surface area contributed by atoms with Gasteiger partial charge in [0.15, 0.2) is 5.82 Å². The molecule has 0 aliphatic heterocycles. The summed E-state index contributed by atoms with van der Waals surface area (Å²) < 4.78 is 26.4. The van der Waals surface area contributed by atoms with Crippen molar-refractivity contribution in [3.05, 3.63) is 103 Å². The fourth-order valence-corrected chi connectivity index (χ4v) is 5.02. The van der Waals surface area contributed by atoms with Crippen molar-refractivity contribution in [2.75, 3.05) is 27.2 Å². The number of H-pyrrole nitrogens is 2. The quantitative estimate of drug-likeness (QED) is 0.188. The van der Waals surface area contributed by atoms with Crippen molar-refractivity contribution in [1.82, 2.24) is 40.0 Å². The number of aromatic amines is 2. The standard InChI is InChI=1S/C34H29FN8O2/c1-43(2)10-11-44-25-13-22(12-24(35)15-25)31-33-28(8-9-37-31)39-34(40-33)32-27-16-29(38-19-30(27)41-42-32)23-14-26(18-36-17-23)45-20-21-6-4-3-5-7-21/h3-9,12-19H,10-11,20H2,1-2H3,(H,39,40)(H,41,42). The maximum absolute atomic E-state index is 14.6. The lowest BCUT2D eigenvalue weighted by atomic mass is 10.1. The average Bonchev–Trinajstić information content (AvgIpc) is 3.68. The second-order valence-corrected chi connectivity index (χ2v) is 10.8. The molecule has 0 amide bonds. The molecule has 0 atom stereocenters. The molecule has 0 saturated heterocycles. The van der Waals surface area contributed by atoms with Gasteiger partial charge in [-0.3, -0.25) is 20.1 Å². The first-order valence-electron chi connectivity index (χ1n) is 14.4. The predicted molar refractivity (Wildman–Crippen MR) is 170 cm³/mol. The van der Waals surface area contributed by atoms with Gasteiger partial charge >= 0.3 is 0 Å². The highest BCUT2D eigenvalue weighted by Gasteiger charge is 2.18. The Labute approximate surface area is 257 Å². The molecule has 224 valence electrons. The van der Waals surface area contributed by atoms with Crippen LogP contribution in [0.3, 0.4) is 0 Å². The lowest BCUT2D eigenvalue weighted by molar-refractivity contribution is 0.260. The van der Waals surface area contributed by atoms with E-state index < -0.39 is 5.82 Å². The van der Waals surface area contributed by atoms with Crippen LogP contribution in [0.4, 0.5) is 4.39 Å². The van der Waals surface area contributed by atoms with E-state index in [1.54, 1.807) is 30.9 Å². The Hall–Kier alpha value is -5.68. The van der Waals surface area contributed by atoms with Crippen LogP contribution in [0.2, 0.25) is 0 Å². The van der Waals surface area contributed by atoms with E-state index in [1.807, 2.05) is 67.5 Å². The molecular formula is C34H29FN8O2. The number of imidazole rings is 1. The molecule has 0 bridgehead atoms. The molecule has 11 heteroatoms. The molecule has 0 fully saturated rings. The van der Waals surface area contributed by atoms with Crippen LogP contribution >= 0.6 is 0 Å². The fourth-order valence-electron chi connectivity index (χ4n) is 5.02. The number of rotatable bonds is 10. The third kappa shape index (κ3) is 6.06. The molecule has 0 unspecified atom stereocenters. The number of nitrogens with one attached hydrogen (secondary N) is 2. The number of hydrogen-bond donors (Lipinski definition) is 2. The van der Waals surface area contributed by atoms with Crippen LogP contribution in [0.25, 0.3) is 56.0 Å². The van der Waals surface area contributed by atoms with Crippen molar-refractivity contribution in [1.29, 1.82) is 0 Å². The first-order chi connectivity index (χ1) is 22.0. The molecule has 0 spiro atoms. The molecule has 7 aromatic rings. The Balaban J connectivity index is 1.20. The highest BCUT2D eigenvalue weighted by molar-refractivity contribution is 5.97. The summed E-state index contributed by atoms with van der Waals surface area (Å²) >= 11 is 0. The van der Waals surface area contributed by atoms with Crippen molar-refractivity contribution in [2.45, 2.75) is 6.61 Å². The van der Waals surface area contributed by atoms with E-state index in [2.05, 4.69) is 30.1 Å². The molecule has 5 heterocycles. The molecule has 0 saturated carbocycles. The van der Waals surface area contributed by atoms with Crippen molar-refractivity contribution >= 4 is 21.9 Å². The van der Waals surface area contributed by atoms with Gasteiger partial charge in [0.05, 0.1) is 34.8 Å². The second-order valence-electron chi connectivity index (χ2n) is 10.8. The first-order valence-corrected chi connectivity index (χ1v) is 14.4. The molecule has 10 nitrogen and oxygen atoms in total. The average molecular weight is 601 g/mol. The van der Waals surface area contributed by atoms with Crippen LogP contribution in [0, 0.1) is 5.82 Å². The van der Waals surface area contributed by atoms with Gasteiger partial charge in [0.25, 0.3) is 0 Å². The maximum Gasteiger partial charge on any atom is 0.159 e. The zero-order valence-corrected chi connectivity index (χ0v) is 24.7. The van der Waals surface area contributed by atoms with Gasteiger partial charge < -0.3 is 19.4 Å². The van der Waals surface area contributed by atoms with Crippen LogP contribution in [0.15, 0.2) is 91.5 Å². The number of likely N-dealkylation sites (N-methyl/N-ethyl adjacent to an activating group) is 1. The minimum Gasteiger partial charge on any atom is -0.492 e. The van der Waals surface area contributed by atoms with Crippen LogP contribution in [-0.2, 0) is 6.61 Å². The largest absolute Gasteiger partial charge is 0.492 e. The van der Waals surface area contributed by atoms with E-state index in [1.165, 1.54) is 12.1 Å². The Morgan fingerprint density at radius 1 is 0.822 bits per heavy atom. The van der Waals surface area contributed by atoms with Gasteiger partial charge in [-0.1, -0.05) is 30.3 Å². The highest BCUT2D eigenvalue weighted by Crippen LogP contribution is 2.33. The van der Waals surface area contributed by atoms with Crippen molar-refractivity contribution in [3.63, 3.8) is 0 Å². The lowest BCUT2D eigenvalue weighted by Crippen LogP contribution is -2.19. The smallest absolute Gasteiger partial charge is 0.159 e. The molecule has 0 aliphatic rings. The van der Waals surface area contributed by atoms with E-state index in [4.69, 9.17) is 14.5 Å². The lowest BCUT2D eigenvalue weighted by Gasteiger charge is -2.12. The normalized spacial score (nSPS) is 11.5. The van der Waals surface area contributed by atoms with Crippen molar-refractivity contribution in [2.24, 2.45) is 0 Å². The Kier molecular flexibility index (Phi) is 7.58. The number of ether oxygens (including phenoxy) is 2. The van der Waals surface area contributed by atoms with Crippen LogP contribution < -0.4 is 9.47 Å². The molecule has 7 rings (SSSR count). The number of hydrogen-bond acceptors (Lipinski definition) is 8. The summed E-state index contributed by atoms with van der Waals surface area (Å²) in [6.07, 6.45) is 6.84. The third-order valence-electron chi connectivity index (χ3n) is 7.28. The summed E-state index contributed by atoms with van der Waals surface area (Å²) in [6, 6.07) is 20.2. The van der Waals surface area contributed by atoms with E-state index in [-0.39, 0.29) is 0 Å². The van der Waals surface area contributed by atoms with E-state index in [9.17, 15) is 4.39 Å². The van der Waals surface area contributed by atoms with Crippen molar-refractivity contribution in [3.8, 4) is 45.5 Å². The van der Waals surface area contributed by atoms with Gasteiger partial charge in [0.2, 0.25) is 0 Å². The summed E-state index contributed by atoms with van der Waals surface area (Å²) in [7, 11) is 3.91. The molecule has 45 heavy (non-hydrogen) atoms. The third-order valence-corrected chi connectivity index (χ3v) is 7.28. The zero-order valence-electron chi connectivity index (χ0n) is 24.7. The second kappa shape index (κ2) is 12.1. The minimum atomic E-state index is -0.413. The van der Waals surface area contributed by atoms with Crippen molar-refractivity contribution < 1.29 is 13.9 Å². The summed E-state index contributed by atoms with van der Waals surface area (Å²) in [5, 5.41) is 8.43. The SMILES string of the molecule is CN(C)CCOc1cc(F)cc(-c2nccc3[nH]c(-c4n[nH]c5cnc(-c6cncc(OCc7ccccc7)c6)cc45)nc23)c1. The number of aromatic nitrogens is 7. The predicted octanol–water partition coefficient (Wildman–Crippen LogP) is 6.28. The van der Waals surface area contributed by atoms with Gasteiger partial charge in [-0.25, -0.2) is 9.37 Å². The molecule has 5 aromatic heterocycles. The maximum atomic E-state index is 14.6. The number of halogens is 1. The first kappa shape index (κ1) is 28.1. The Bertz CT molecular complexity index is 2110. The van der Waals surface area contributed by atoms with Crippen LogP contribution in [0.5, 0.6) is 11.5 Å². The van der Waals surface area contributed by atoms with Gasteiger partial charge in [0.1, 0.15) is 41.7 Å². The van der Waals surface area contributed by atoms with Gasteiger partial charge in [-0.2, -0.15) is 5.10 Å². The molecule has 2 N–H and O–H groups in total. The minimum absolute atomic E-state index is 0.413. The monoisotopic (exact) mass is 600 g/mol. The topological polar surface area (TPSA) is 118 Å². The molecular weight excluding hydrogens is 571 g/mol. The molecule has 2 aromatic carbocycles. The summed E-state index contributed by atoms with van der Waals surface area (Å²) in [4.78, 5) is 23.8. The molecule has 0 radical (unpaired) electrons. The summed E-state index contributed by atoms with van der Waals surface area (Å²) in [5.74, 6) is 1.21.